The predicted molar refractivity (Wildman–Crippen MR) is 122 cm³/mol. The maximum atomic E-state index is 12.9. The molecule has 1 saturated heterocycles. The van der Waals surface area contributed by atoms with Crippen molar-refractivity contribution in [2.75, 3.05) is 19.7 Å². The summed E-state index contributed by atoms with van der Waals surface area (Å²) in [6.45, 7) is 1.22. The maximum Gasteiger partial charge on any atom is 0.407 e. The summed E-state index contributed by atoms with van der Waals surface area (Å²) in [5.74, 6) is -1.06. The minimum atomic E-state index is -0.831. The molecule has 2 atom stereocenters. The zero-order valence-corrected chi connectivity index (χ0v) is 18.4. The molecule has 0 aromatic heterocycles. The molecular formula is C26H28N2O5. The molecule has 1 aliphatic heterocycles. The van der Waals surface area contributed by atoms with Crippen molar-refractivity contribution in [2.24, 2.45) is 11.8 Å². The molecule has 3 aliphatic rings. The van der Waals surface area contributed by atoms with Gasteiger partial charge in [-0.1, -0.05) is 55.0 Å². The fourth-order valence-corrected chi connectivity index (χ4v) is 5.58. The summed E-state index contributed by atoms with van der Waals surface area (Å²) in [5, 5.41) is 11.8. The number of fused-ring (bicyclic) bond motifs is 3. The third-order valence-corrected chi connectivity index (χ3v) is 7.21. The summed E-state index contributed by atoms with van der Waals surface area (Å²) < 4.78 is 5.65. The first-order valence-corrected chi connectivity index (χ1v) is 11.6. The Kier molecular flexibility index (Phi) is 5.79. The number of carboxylic acid groups (broad SMARTS) is 1. The van der Waals surface area contributed by atoms with Gasteiger partial charge in [0.2, 0.25) is 5.91 Å². The highest BCUT2D eigenvalue weighted by Crippen LogP contribution is 2.44. The molecule has 2 aromatic carbocycles. The van der Waals surface area contributed by atoms with Crippen LogP contribution in [0.2, 0.25) is 0 Å². The molecule has 5 rings (SSSR count). The fraction of sp³-hybridized carbons (Fsp3) is 0.423. The van der Waals surface area contributed by atoms with Crippen LogP contribution in [0, 0.1) is 11.8 Å². The number of likely N-dealkylation sites (tertiary alicyclic amines) is 1. The number of rotatable bonds is 6. The van der Waals surface area contributed by atoms with Crippen molar-refractivity contribution in [3.63, 3.8) is 0 Å². The monoisotopic (exact) mass is 448 g/mol. The number of ether oxygens (including phenoxy) is 1. The minimum absolute atomic E-state index is 0.00332. The Balaban J connectivity index is 1.17. The topological polar surface area (TPSA) is 95.9 Å². The van der Waals surface area contributed by atoms with Crippen LogP contribution in [-0.4, -0.2) is 53.7 Å². The Bertz CT molecular complexity index is 1030. The van der Waals surface area contributed by atoms with E-state index >= 15 is 0 Å². The summed E-state index contributed by atoms with van der Waals surface area (Å²) in [6.07, 6.45) is 1.95. The Morgan fingerprint density at radius 2 is 1.61 bits per heavy atom. The fourth-order valence-electron chi connectivity index (χ4n) is 5.58. The average molecular weight is 449 g/mol. The highest BCUT2D eigenvalue weighted by Gasteiger charge is 2.41. The van der Waals surface area contributed by atoms with E-state index in [0.29, 0.717) is 13.1 Å². The summed E-state index contributed by atoms with van der Waals surface area (Å²) in [6, 6.07) is 16.2. The van der Waals surface area contributed by atoms with Crippen molar-refractivity contribution in [1.82, 2.24) is 10.2 Å². The number of carbonyl (C=O) groups excluding carboxylic acids is 2. The molecule has 2 aromatic rings. The van der Waals surface area contributed by atoms with Gasteiger partial charge in [0.1, 0.15) is 6.61 Å². The van der Waals surface area contributed by atoms with Crippen molar-refractivity contribution < 1.29 is 24.2 Å². The van der Waals surface area contributed by atoms with Crippen molar-refractivity contribution >= 4 is 18.0 Å². The number of nitrogens with one attached hydrogen (secondary N) is 1. The lowest BCUT2D eigenvalue weighted by Gasteiger charge is -2.40. The van der Waals surface area contributed by atoms with E-state index in [0.717, 1.165) is 30.4 Å². The lowest BCUT2D eigenvalue weighted by molar-refractivity contribution is -0.147. The highest BCUT2D eigenvalue weighted by atomic mass is 16.5. The molecule has 33 heavy (non-hydrogen) atoms. The van der Waals surface area contributed by atoms with Crippen LogP contribution < -0.4 is 5.32 Å². The van der Waals surface area contributed by atoms with Gasteiger partial charge in [-0.3, -0.25) is 9.59 Å². The minimum Gasteiger partial charge on any atom is -0.481 e. The molecule has 0 radical (unpaired) electrons. The molecule has 0 bridgehead atoms. The molecule has 0 unspecified atom stereocenters. The van der Waals surface area contributed by atoms with E-state index in [9.17, 15) is 14.4 Å². The van der Waals surface area contributed by atoms with Crippen LogP contribution in [0.5, 0.6) is 0 Å². The van der Waals surface area contributed by atoms with E-state index in [1.54, 1.807) is 4.90 Å². The molecule has 172 valence electrons. The molecule has 7 nitrogen and oxygen atoms in total. The van der Waals surface area contributed by atoms with Crippen LogP contribution in [0.4, 0.5) is 4.79 Å². The second-order valence-electron chi connectivity index (χ2n) is 9.32. The number of nitrogens with zero attached hydrogens (tertiary/aromatic N) is 1. The van der Waals surface area contributed by atoms with Gasteiger partial charge in [0.25, 0.3) is 0 Å². The van der Waals surface area contributed by atoms with Crippen LogP contribution in [0.1, 0.15) is 42.7 Å². The van der Waals surface area contributed by atoms with E-state index in [1.807, 2.05) is 24.3 Å². The average Bonchev–Trinajstić information content (AvgIpc) is 3.36. The molecule has 0 spiro atoms. The van der Waals surface area contributed by atoms with Gasteiger partial charge in [0.05, 0.1) is 12.3 Å². The lowest BCUT2D eigenvalue weighted by Crippen LogP contribution is -2.55. The molecule has 2 N–H and O–H groups in total. The Morgan fingerprint density at radius 3 is 2.24 bits per heavy atom. The zero-order valence-electron chi connectivity index (χ0n) is 18.4. The quantitative estimate of drug-likeness (QED) is 0.704. The van der Waals surface area contributed by atoms with Gasteiger partial charge in [-0.05, 0) is 35.1 Å². The van der Waals surface area contributed by atoms with E-state index in [2.05, 4.69) is 29.6 Å². The van der Waals surface area contributed by atoms with Crippen LogP contribution in [0.15, 0.2) is 48.5 Å². The van der Waals surface area contributed by atoms with E-state index in [1.165, 1.54) is 11.1 Å². The van der Waals surface area contributed by atoms with Crippen LogP contribution in [-0.2, 0) is 14.3 Å². The van der Waals surface area contributed by atoms with Crippen molar-refractivity contribution in [3.8, 4) is 11.1 Å². The smallest absolute Gasteiger partial charge is 0.407 e. The molecule has 1 heterocycles. The van der Waals surface area contributed by atoms with E-state index in [4.69, 9.17) is 9.84 Å². The summed E-state index contributed by atoms with van der Waals surface area (Å²) in [5.41, 5.74) is 4.68. The van der Waals surface area contributed by atoms with E-state index < -0.39 is 12.1 Å². The number of hydrogen-bond acceptors (Lipinski definition) is 4. The Labute approximate surface area is 192 Å². The van der Waals surface area contributed by atoms with Gasteiger partial charge in [-0.2, -0.15) is 0 Å². The van der Waals surface area contributed by atoms with Crippen LogP contribution in [0.3, 0.4) is 0 Å². The molecule has 2 amide bonds. The number of alkyl carbamates (subject to hydrolysis) is 1. The highest BCUT2D eigenvalue weighted by molar-refractivity contribution is 5.82. The second kappa shape index (κ2) is 8.89. The molecule has 1 saturated carbocycles. The first-order valence-electron chi connectivity index (χ1n) is 11.6. The Morgan fingerprint density at radius 1 is 0.970 bits per heavy atom. The number of benzene rings is 2. The third kappa shape index (κ3) is 4.19. The van der Waals surface area contributed by atoms with Crippen LogP contribution in [0.25, 0.3) is 11.1 Å². The maximum absolute atomic E-state index is 12.9. The number of aliphatic carboxylic acids is 1. The normalized spacial score (nSPS) is 21.8. The predicted octanol–water partition coefficient (Wildman–Crippen LogP) is 3.63. The summed E-state index contributed by atoms with van der Waals surface area (Å²) in [7, 11) is 0. The van der Waals surface area contributed by atoms with Gasteiger partial charge >= 0.3 is 12.1 Å². The van der Waals surface area contributed by atoms with Gasteiger partial charge in [-0.15, -0.1) is 0 Å². The zero-order chi connectivity index (χ0) is 22.9. The molecular weight excluding hydrogens is 420 g/mol. The summed E-state index contributed by atoms with van der Waals surface area (Å²) >= 11 is 0. The standard InChI is InChI=1S/C26H28N2O5/c29-24(30)12-16-13-28(14-16)25(31)21-10-5-11-23(21)27-26(32)33-15-22-19-8-3-1-6-17(19)18-7-2-4-9-20(18)22/h1-4,6-9,16,21-23H,5,10-15H2,(H,27,32)(H,29,30)/t21-,23+/m1/s1. The first-order chi connectivity index (χ1) is 16.0. The van der Waals surface area contributed by atoms with E-state index in [-0.39, 0.29) is 42.7 Å². The van der Waals surface area contributed by atoms with Gasteiger partial charge in [0.15, 0.2) is 0 Å². The lowest BCUT2D eigenvalue weighted by atomic mass is 9.92. The first kappa shape index (κ1) is 21.5. The molecule has 2 aliphatic carbocycles. The van der Waals surface area contributed by atoms with Gasteiger partial charge in [-0.25, -0.2) is 4.79 Å². The van der Waals surface area contributed by atoms with Crippen molar-refractivity contribution in [1.29, 1.82) is 0 Å². The number of hydrogen-bond donors (Lipinski definition) is 2. The second-order valence-corrected chi connectivity index (χ2v) is 9.32. The van der Waals surface area contributed by atoms with Gasteiger partial charge in [0, 0.05) is 31.0 Å². The number of carbonyl (C=O) groups is 3. The largest absolute Gasteiger partial charge is 0.481 e. The van der Waals surface area contributed by atoms with Crippen molar-refractivity contribution in [2.45, 2.75) is 37.6 Å². The number of carboxylic acids is 1. The Hall–Kier alpha value is -3.35. The number of amides is 2. The molecule has 7 heteroatoms. The van der Waals surface area contributed by atoms with Crippen LogP contribution >= 0.6 is 0 Å². The van der Waals surface area contributed by atoms with Gasteiger partial charge < -0.3 is 20.1 Å². The molecule has 2 fully saturated rings. The summed E-state index contributed by atoms with van der Waals surface area (Å²) in [4.78, 5) is 38.1. The van der Waals surface area contributed by atoms with Crippen molar-refractivity contribution in [3.05, 3.63) is 59.7 Å². The SMILES string of the molecule is O=C(O)CC1CN(C(=O)[C@@H]2CCC[C@@H]2NC(=O)OCC2c3ccccc3-c3ccccc32)C1. The third-order valence-electron chi connectivity index (χ3n) is 7.21.